The number of thiazole rings is 1. The minimum absolute atomic E-state index is 0.0140. The smallest absolute Gasteiger partial charge is 0.270 e. The maximum absolute atomic E-state index is 12.6. The van der Waals surface area contributed by atoms with Crippen molar-refractivity contribution in [3.8, 4) is 11.3 Å². The molecule has 2 heterocycles. The van der Waals surface area contributed by atoms with E-state index in [1.807, 2.05) is 0 Å². The van der Waals surface area contributed by atoms with Gasteiger partial charge in [0.2, 0.25) is 5.91 Å². The highest BCUT2D eigenvalue weighted by Crippen LogP contribution is 2.29. The third-order valence-electron chi connectivity index (χ3n) is 4.89. The number of nitrogens with one attached hydrogen (secondary N) is 1. The van der Waals surface area contributed by atoms with E-state index in [1.54, 1.807) is 17.5 Å². The first-order valence-corrected chi connectivity index (χ1v) is 10.2. The fourth-order valence-electron chi connectivity index (χ4n) is 3.54. The molecule has 148 valence electrons. The van der Waals surface area contributed by atoms with Crippen LogP contribution in [0.15, 0.2) is 47.8 Å². The number of nitrogens with zero attached hydrogens (tertiary/aromatic N) is 3. The van der Waals surface area contributed by atoms with Crippen LogP contribution in [0, 0.1) is 17.0 Å². The minimum Gasteiger partial charge on any atom is -0.362 e. The summed E-state index contributed by atoms with van der Waals surface area (Å²) in [5, 5.41) is 16.1. The van der Waals surface area contributed by atoms with Crippen LogP contribution in [0.3, 0.4) is 0 Å². The zero-order valence-electron chi connectivity index (χ0n) is 15.9. The van der Waals surface area contributed by atoms with E-state index in [0.717, 1.165) is 25.1 Å². The van der Waals surface area contributed by atoms with Gasteiger partial charge in [-0.15, -0.1) is 11.3 Å². The zero-order chi connectivity index (χ0) is 20.4. The molecule has 29 heavy (non-hydrogen) atoms. The molecule has 0 radical (unpaired) electrons. The van der Waals surface area contributed by atoms with Gasteiger partial charge in [0.25, 0.3) is 5.69 Å². The van der Waals surface area contributed by atoms with Gasteiger partial charge in [-0.1, -0.05) is 29.8 Å². The minimum atomic E-state index is -0.434. The Kier molecular flexibility index (Phi) is 5.26. The van der Waals surface area contributed by atoms with Crippen molar-refractivity contribution in [2.24, 2.45) is 0 Å². The number of rotatable bonds is 5. The van der Waals surface area contributed by atoms with Crippen LogP contribution in [-0.2, 0) is 11.2 Å². The highest BCUT2D eigenvalue weighted by atomic mass is 32.1. The lowest BCUT2D eigenvalue weighted by atomic mass is 9.99. The Morgan fingerprint density at radius 2 is 2.17 bits per heavy atom. The highest BCUT2D eigenvalue weighted by Gasteiger charge is 2.20. The number of carbonyl (C=O) groups is 1. The first kappa shape index (κ1) is 19.1. The average Bonchev–Trinajstić information content (AvgIpc) is 3.16. The zero-order valence-corrected chi connectivity index (χ0v) is 16.7. The van der Waals surface area contributed by atoms with Gasteiger partial charge in [0.15, 0.2) is 5.13 Å². The van der Waals surface area contributed by atoms with Crippen molar-refractivity contribution in [3.05, 3.63) is 69.1 Å². The molecule has 4 rings (SSSR count). The number of carbonyl (C=O) groups excluding carboxylic acids is 1. The Balaban J connectivity index is 1.44. The molecule has 0 unspecified atom stereocenters. The van der Waals surface area contributed by atoms with Crippen LogP contribution >= 0.6 is 11.3 Å². The number of nitro groups is 1. The lowest BCUT2D eigenvalue weighted by Gasteiger charge is -2.30. The van der Waals surface area contributed by atoms with Crippen molar-refractivity contribution in [3.63, 3.8) is 0 Å². The Hall–Kier alpha value is -3.26. The van der Waals surface area contributed by atoms with Gasteiger partial charge in [-0.3, -0.25) is 14.9 Å². The molecule has 1 N–H and O–H groups in total. The number of hydrogen-bond acceptors (Lipinski definition) is 6. The van der Waals surface area contributed by atoms with Crippen LogP contribution in [0.4, 0.5) is 16.5 Å². The molecule has 0 bridgehead atoms. The molecular formula is C21H20N4O3S. The fraction of sp³-hybridized carbons (Fsp3) is 0.238. The quantitative estimate of drug-likeness (QED) is 0.499. The average molecular weight is 408 g/mol. The summed E-state index contributed by atoms with van der Waals surface area (Å²) in [5.41, 5.74) is 4.90. The predicted molar refractivity (Wildman–Crippen MR) is 115 cm³/mol. The third-order valence-corrected chi connectivity index (χ3v) is 5.65. The van der Waals surface area contributed by atoms with E-state index in [9.17, 15) is 14.9 Å². The molecule has 2 aromatic carbocycles. The summed E-state index contributed by atoms with van der Waals surface area (Å²) in [7, 11) is 0. The molecule has 0 fully saturated rings. The van der Waals surface area contributed by atoms with E-state index in [1.165, 1.54) is 34.6 Å². The summed E-state index contributed by atoms with van der Waals surface area (Å²) >= 11 is 1.31. The maximum atomic E-state index is 12.6. The van der Waals surface area contributed by atoms with Gasteiger partial charge in [-0.2, -0.15) is 0 Å². The second-order valence-corrected chi connectivity index (χ2v) is 7.91. The van der Waals surface area contributed by atoms with Crippen LogP contribution in [0.1, 0.15) is 17.5 Å². The van der Waals surface area contributed by atoms with Gasteiger partial charge < -0.3 is 10.2 Å². The second kappa shape index (κ2) is 8.00. The van der Waals surface area contributed by atoms with Gasteiger partial charge >= 0.3 is 0 Å². The summed E-state index contributed by atoms with van der Waals surface area (Å²) in [4.78, 5) is 29.6. The van der Waals surface area contributed by atoms with Crippen molar-refractivity contribution >= 4 is 33.8 Å². The molecule has 0 saturated carbocycles. The molecular weight excluding hydrogens is 388 g/mol. The Morgan fingerprint density at radius 1 is 1.31 bits per heavy atom. The lowest BCUT2D eigenvalue weighted by Crippen LogP contribution is -2.36. The van der Waals surface area contributed by atoms with Gasteiger partial charge in [0.1, 0.15) is 0 Å². The van der Waals surface area contributed by atoms with Crippen LogP contribution in [0.2, 0.25) is 0 Å². The Bertz CT molecular complexity index is 1080. The fourth-order valence-corrected chi connectivity index (χ4v) is 4.28. The second-order valence-electron chi connectivity index (χ2n) is 7.05. The normalized spacial score (nSPS) is 13.1. The molecule has 3 aromatic rings. The number of benzene rings is 2. The summed E-state index contributed by atoms with van der Waals surface area (Å²) in [6, 6.07) is 12.7. The number of non-ortho nitro benzene ring substituents is 1. The summed E-state index contributed by atoms with van der Waals surface area (Å²) in [6.45, 7) is 3.19. The number of hydrogen-bond donors (Lipinski definition) is 1. The molecule has 7 nitrogen and oxygen atoms in total. The van der Waals surface area contributed by atoms with Crippen molar-refractivity contribution in [1.29, 1.82) is 0 Å². The van der Waals surface area contributed by atoms with Crippen LogP contribution in [-0.4, -0.2) is 28.9 Å². The standard InChI is InChI=1S/C21H20N4O3S/c1-14-7-8-19-16(10-14)5-3-9-24(19)12-20(26)23-21-22-18(13-29-21)15-4-2-6-17(11-15)25(27)28/h2,4,6-8,10-11,13H,3,5,9,12H2,1H3,(H,22,23,26). The largest absolute Gasteiger partial charge is 0.362 e. The van der Waals surface area contributed by atoms with Crippen molar-refractivity contribution in [1.82, 2.24) is 4.98 Å². The van der Waals surface area contributed by atoms with Crippen LogP contribution < -0.4 is 10.2 Å². The van der Waals surface area contributed by atoms with E-state index >= 15 is 0 Å². The van der Waals surface area contributed by atoms with E-state index in [0.29, 0.717) is 16.4 Å². The van der Waals surface area contributed by atoms with Gasteiger partial charge in [-0.25, -0.2) is 4.98 Å². The number of fused-ring (bicyclic) bond motifs is 1. The first-order valence-electron chi connectivity index (χ1n) is 9.34. The third kappa shape index (κ3) is 4.27. The number of anilines is 2. The van der Waals surface area contributed by atoms with Crippen molar-refractivity contribution in [2.45, 2.75) is 19.8 Å². The molecule has 0 aliphatic carbocycles. The van der Waals surface area contributed by atoms with Crippen LogP contribution in [0.25, 0.3) is 11.3 Å². The summed E-state index contributed by atoms with van der Waals surface area (Å²) in [5.74, 6) is -0.127. The molecule has 0 atom stereocenters. The molecule has 8 heteroatoms. The maximum Gasteiger partial charge on any atom is 0.270 e. The first-order chi connectivity index (χ1) is 14.0. The molecule has 0 spiro atoms. The van der Waals surface area contributed by atoms with E-state index < -0.39 is 4.92 Å². The van der Waals surface area contributed by atoms with E-state index in [-0.39, 0.29) is 18.1 Å². The highest BCUT2D eigenvalue weighted by molar-refractivity contribution is 7.14. The topological polar surface area (TPSA) is 88.4 Å². The number of nitro benzene ring substituents is 1. The molecule has 1 aromatic heterocycles. The number of aromatic nitrogens is 1. The Labute approximate surface area is 172 Å². The summed E-state index contributed by atoms with van der Waals surface area (Å²) < 4.78 is 0. The van der Waals surface area contributed by atoms with E-state index in [2.05, 4.69) is 40.3 Å². The molecule has 1 amide bonds. The van der Waals surface area contributed by atoms with Gasteiger partial charge in [0, 0.05) is 35.3 Å². The van der Waals surface area contributed by atoms with Gasteiger partial charge in [-0.05, 0) is 31.4 Å². The summed E-state index contributed by atoms with van der Waals surface area (Å²) in [6.07, 6.45) is 2.06. The number of amides is 1. The van der Waals surface area contributed by atoms with Gasteiger partial charge in [0.05, 0.1) is 17.2 Å². The van der Waals surface area contributed by atoms with Crippen LogP contribution in [0.5, 0.6) is 0 Å². The lowest BCUT2D eigenvalue weighted by molar-refractivity contribution is -0.384. The van der Waals surface area contributed by atoms with Crippen molar-refractivity contribution < 1.29 is 9.72 Å². The Morgan fingerprint density at radius 3 is 3.00 bits per heavy atom. The number of aryl methyl sites for hydroxylation is 2. The molecule has 1 aliphatic rings. The SMILES string of the molecule is Cc1ccc2c(c1)CCCN2CC(=O)Nc1nc(-c2cccc([N+](=O)[O-])c2)cs1. The predicted octanol–water partition coefficient (Wildman–Crippen LogP) is 4.42. The van der Waals surface area contributed by atoms with Crippen molar-refractivity contribution in [2.75, 3.05) is 23.3 Å². The van der Waals surface area contributed by atoms with E-state index in [4.69, 9.17) is 0 Å². The molecule has 0 saturated heterocycles. The monoisotopic (exact) mass is 408 g/mol. The molecule has 1 aliphatic heterocycles.